The highest BCUT2D eigenvalue weighted by Crippen LogP contribution is 2.19. The molecular weight excluding hydrogens is 316 g/mol. The van der Waals surface area contributed by atoms with Gasteiger partial charge in [0.05, 0.1) is 18.1 Å². The molecule has 0 saturated heterocycles. The van der Waals surface area contributed by atoms with E-state index in [0.717, 1.165) is 5.56 Å². The highest BCUT2D eigenvalue weighted by atomic mass is 32.2. The Kier molecular flexibility index (Phi) is 5.34. The van der Waals surface area contributed by atoms with Crippen molar-refractivity contribution in [3.63, 3.8) is 0 Å². The number of hydrogen-bond donors (Lipinski definition) is 1. The number of nitriles is 1. The molecule has 2 aromatic rings. The van der Waals surface area contributed by atoms with Crippen LogP contribution in [0, 0.1) is 18.3 Å². The highest BCUT2D eigenvalue weighted by Gasteiger charge is 2.19. The first-order chi connectivity index (χ1) is 11.0. The lowest BCUT2D eigenvalue weighted by molar-refractivity contribution is 0.184. The van der Waals surface area contributed by atoms with Gasteiger partial charge in [0.1, 0.15) is 11.8 Å². The Hall–Kier alpha value is -2.40. The zero-order chi connectivity index (χ0) is 16.9. The molecule has 120 valence electrons. The molecule has 0 aliphatic carbocycles. The van der Waals surface area contributed by atoms with Crippen LogP contribution >= 0.6 is 0 Å². The number of nitrogens with one attached hydrogen (secondary N) is 1. The Morgan fingerprint density at radius 3 is 2.22 bits per heavy atom. The van der Waals surface area contributed by atoms with Crippen LogP contribution in [0.3, 0.4) is 0 Å². The molecule has 0 bridgehead atoms. The lowest BCUT2D eigenvalue weighted by atomic mass is 10.1. The second kappa shape index (κ2) is 7.24. The minimum Gasteiger partial charge on any atom is -0.497 e. The number of nitrogens with zero attached hydrogens (tertiary/aromatic N) is 1. The van der Waals surface area contributed by atoms with Gasteiger partial charge in [-0.25, -0.2) is 0 Å². The van der Waals surface area contributed by atoms with E-state index in [1.54, 1.807) is 36.4 Å². The third kappa shape index (κ3) is 4.29. The van der Waals surface area contributed by atoms with E-state index in [0.29, 0.717) is 11.3 Å². The zero-order valence-corrected chi connectivity index (χ0v) is 13.5. The molecule has 0 spiro atoms. The van der Waals surface area contributed by atoms with Crippen molar-refractivity contribution in [2.24, 2.45) is 0 Å². The summed E-state index contributed by atoms with van der Waals surface area (Å²) in [5.41, 5.74) is 3.78. The van der Waals surface area contributed by atoms with Gasteiger partial charge < -0.3 is 4.74 Å². The summed E-state index contributed by atoms with van der Waals surface area (Å²) in [6.07, 6.45) is 0. The van der Waals surface area contributed by atoms with Gasteiger partial charge in [-0.05, 0) is 36.8 Å². The van der Waals surface area contributed by atoms with Crippen LogP contribution in [-0.2, 0) is 14.4 Å². The standard InChI is InChI=1S/C16H16N2O4S/c1-12-3-9-15(10-4-12)23(19,20)22-18-16(11-17)13-5-7-14(21-2)8-6-13/h3-10,16,18H,1-2H3. The smallest absolute Gasteiger partial charge is 0.312 e. The number of hydrogen-bond acceptors (Lipinski definition) is 6. The first kappa shape index (κ1) is 17.0. The fourth-order valence-electron chi connectivity index (χ4n) is 1.83. The number of rotatable bonds is 6. The number of benzene rings is 2. The van der Waals surface area contributed by atoms with Crippen LogP contribution in [0.4, 0.5) is 0 Å². The van der Waals surface area contributed by atoms with Gasteiger partial charge in [-0.3, -0.25) is 0 Å². The fourth-order valence-corrected chi connectivity index (χ4v) is 2.62. The number of hydroxylamine groups is 1. The molecule has 23 heavy (non-hydrogen) atoms. The SMILES string of the molecule is COc1ccc(C(C#N)NOS(=O)(=O)c2ccc(C)cc2)cc1. The maximum absolute atomic E-state index is 12.1. The van der Waals surface area contributed by atoms with Crippen LogP contribution in [0.1, 0.15) is 17.2 Å². The van der Waals surface area contributed by atoms with E-state index in [4.69, 9.17) is 9.02 Å². The molecule has 1 atom stereocenters. The summed E-state index contributed by atoms with van der Waals surface area (Å²) in [5.74, 6) is 0.638. The molecule has 0 aliphatic heterocycles. The fraction of sp³-hybridized carbons (Fsp3) is 0.188. The van der Waals surface area contributed by atoms with Crippen molar-refractivity contribution in [3.8, 4) is 11.8 Å². The first-order valence-corrected chi connectivity index (χ1v) is 8.16. The average Bonchev–Trinajstić information content (AvgIpc) is 2.56. The van der Waals surface area contributed by atoms with Crippen molar-refractivity contribution in [1.29, 1.82) is 5.26 Å². The van der Waals surface area contributed by atoms with Gasteiger partial charge in [0.15, 0.2) is 0 Å². The topological polar surface area (TPSA) is 88.4 Å². The summed E-state index contributed by atoms with van der Waals surface area (Å²) in [4.78, 5) is 0.0158. The van der Waals surface area contributed by atoms with E-state index >= 15 is 0 Å². The van der Waals surface area contributed by atoms with Gasteiger partial charge >= 0.3 is 10.1 Å². The molecule has 0 fully saturated rings. The Morgan fingerprint density at radius 1 is 1.09 bits per heavy atom. The van der Waals surface area contributed by atoms with Gasteiger partial charge in [0, 0.05) is 0 Å². The maximum atomic E-state index is 12.1. The van der Waals surface area contributed by atoms with Gasteiger partial charge in [0.2, 0.25) is 0 Å². The van der Waals surface area contributed by atoms with E-state index in [-0.39, 0.29) is 4.90 Å². The van der Waals surface area contributed by atoms with Crippen molar-refractivity contribution < 1.29 is 17.4 Å². The maximum Gasteiger partial charge on any atom is 0.312 e. The third-order valence-electron chi connectivity index (χ3n) is 3.16. The molecule has 0 aromatic heterocycles. The quantitative estimate of drug-likeness (QED) is 0.818. The Balaban J connectivity index is 2.10. The minimum absolute atomic E-state index is 0.0158. The molecular formula is C16H16N2O4S. The Morgan fingerprint density at radius 2 is 1.70 bits per heavy atom. The molecule has 6 nitrogen and oxygen atoms in total. The highest BCUT2D eigenvalue weighted by molar-refractivity contribution is 7.86. The van der Waals surface area contributed by atoms with Crippen molar-refractivity contribution in [2.45, 2.75) is 17.9 Å². The lowest BCUT2D eigenvalue weighted by Gasteiger charge is -2.12. The van der Waals surface area contributed by atoms with E-state index in [1.165, 1.54) is 19.2 Å². The predicted octanol–water partition coefficient (Wildman–Crippen LogP) is 2.48. The van der Waals surface area contributed by atoms with Gasteiger partial charge in [-0.2, -0.15) is 23.4 Å². The molecule has 0 saturated carbocycles. The summed E-state index contributed by atoms with van der Waals surface area (Å²) in [6.45, 7) is 1.85. The Labute approximate surface area is 135 Å². The minimum atomic E-state index is -3.99. The normalized spacial score (nSPS) is 12.4. The van der Waals surface area contributed by atoms with Crippen molar-refractivity contribution in [2.75, 3.05) is 7.11 Å². The van der Waals surface area contributed by atoms with E-state index in [2.05, 4.69) is 5.48 Å². The van der Waals surface area contributed by atoms with Crippen molar-refractivity contribution in [3.05, 3.63) is 59.7 Å². The van der Waals surface area contributed by atoms with Crippen molar-refractivity contribution >= 4 is 10.1 Å². The summed E-state index contributed by atoms with van der Waals surface area (Å²) in [5, 5.41) is 9.19. The summed E-state index contributed by atoms with van der Waals surface area (Å²) in [6, 6.07) is 13.9. The van der Waals surface area contributed by atoms with Crippen LogP contribution in [0.2, 0.25) is 0 Å². The van der Waals surface area contributed by atoms with Crippen LogP contribution < -0.4 is 10.2 Å². The van der Waals surface area contributed by atoms with E-state index in [9.17, 15) is 13.7 Å². The van der Waals surface area contributed by atoms with Crippen LogP contribution in [-0.4, -0.2) is 15.5 Å². The van der Waals surface area contributed by atoms with Crippen LogP contribution in [0.5, 0.6) is 5.75 Å². The second-order valence-electron chi connectivity index (χ2n) is 4.80. The summed E-state index contributed by atoms with van der Waals surface area (Å²) in [7, 11) is -2.46. The van der Waals surface area contributed by atoms with Crippen molar-refractivity contribution in [1.82, 2.24) is 5.48 Å². The molecule has 0 heterocycles. The molecule has 1 N–H and O–H groups in total. The average molecular weight is 332 g/mol. The molecule has 1 unspecified atom stereocenters. The molecule has 0 aliphatic rings. The number of aryl methyl sites for hydroxylation is 1. The second-order valence-corrected chi connectivity index (χ2v) is 6.35. The monoisotopic (exact) mass is 332 g/mol. The molecule has 2 aromatic carbocycles. The molecule has 7 heteroatoms. The third-order valence-corrected chi connectivity index (χ3v) is 4.33. The van der Waals surface area contributed by atoms with Gasteiger partial charge in [0.25, 0.3) is 0 Å². The first-order valence-electron chi connectivity index (χ1n) is 6.75. The van der Waals surface area contributed by atoms with Gasteiger partial charge in [-0.1, -0.05) is 29.8 Å². The molecule has 2 rings (SSSR count). The molecule has 0 amide bonds. The number of methoxy groups -OCH3 is 1. The van der Waals surface area contributed by atoms with Crippen LogP contribution in [0.25, 0.3) is 0 Å². The molecule has 0 radical (unpaired) electrons. The van der Waals surface area contributed by atoms with E-state index in [1.807, 2.05) is 13.0 Å². The Bertz CT molecular complexity index is 793. The lowest BCUT2D eigenvalue weighted by Crippen LogP contribution is -2.24. The summed E-state index contributed by atoms with van der Waals surface area (Å²) < 4.78 is 34.0. The van der Waals surface area contributed by atoms with Gasteiger partial charge in [-0.15, -0.1) is 0 Å². The predicted molar refractivity (Wildman–Crippen MR) is 83.9 cm³/mol. The van der Waals surface area contributed by atoms with E-state index < -0.39 is 16.2 Å². The summed E-state index contributed by atoms with van der Waals surface area (Å²) >= 11 is 0. The zero-order valence-electron chi connectivity index (χ0n) is 12.7. The largest absolute Gasteiger partial charge is 0.497 e. The number of ether oxygens (including phenoxy) is 1. The van der Waals surface area contributed by atoms with Crippen LogP contribution in [0.15, 0.2) is 53.4 Å².